The van der Waals surface area contributed by atoms with E-state index in [0.717, 1.165) is 6.92 Å². The third kappa shape index (κ3) is 2.37. The van der Waals surface area contributed by atoms with E-state index in [1.807, 2.05) is 0 Å². The van der Waals surface area contributed by atoms with E-state index in [1.54, 1.807) is 6.07 Å². The highest BCUT2D eigenvalue weighted by molar-refractivity contribution is 5.85. The van der Waals surface area contributed by atoms with E-state index in [1.165, 1.54) is 24.3 Å². The molecular weight excluding hydrogens is 244 g/mol. The van der Waals surface area contributed by atoms with Gasteiger partial charge in [-0.2, -0.15) is 0 Å². The summed E-state index contributed by atoms with van der Waals surface area (Å²) in [4.78, 5) is 10.6. The number of nitrogens with zero attached hydrogens (tertiary/aromatic N) is 1. The molecule has 0 fully saturated rings. The second-order valence-electron chi connectivity index (χ2n) is 3.85. The minimum atomic E-state index is -2.96. The number of rotatable bonds is 3. The van der Waals surface area contributed by atoms with Gasteiger partial charge in [0.15, 0.2) is 0 Å². The van der Waals surface area contributed by atoms with Crippen LogP contribution in [0.3, 0.4) is 0 Å². The molecule has 0 aliphatic rings. The van der Waals surface area contributed by atoms with Crippen molar-refractivity contribution in [3.63, 3.8) is 0 Å². The number of benzene rings is 1. The predicted octanol–water partition coefficient (Wildman–Crippen LogP) is 3.15. The van der Waals surface area contributed by atoms with Crippen LogP contribution in [0.2, 0.25) is 0 Å². The number of hydrogen-bond donors (Lipinski definition) is 1. The second-order valence-corrected chi connectivity index (χ2v) is 3.85. The van der Waals surface area contributed by atoms with Gasteiger partial charge in [0, 0.05) is 24.1 Å². The maximum Gasteiger partial charge on any atom is 0.374 e. The maximum atomic E-state index is 13.1. The largest absolute Gasteiger partial charge is 0.475 e. The van der Waals surface area contributed by atoms with Gasteiger partial charge in [-0.15, -0.1) is 0 Å². The van der Waals surface area contributed by atoms with E-state index in [9.17, 15) is 13.6 Å². The number of aromatic nitrogens is 1. The average molecular weight is 253 g/mol. The van der Waals surface area contributed by atoms with Crippen molar-refractivity contribution in [1.29, 1.82) is 0 Å². The molecule has 0 saturated carbocycles. The number of carbonyl (C=O) groups is 1. The third-order valence-corrected chi connectivity index (χ3v) is 2.39. The summed E-state index contributed by atoms with van der Waals surface area (Å²) in [6.45, 7) is 0.789. The van der Waals surface area contributed by atoms with E-state index in [4.69, 9.17) is 5.11 Å². The molecule has 2 rings (SSSR count). The van der Waals surface area contributed by atoms with Crippen molar-refractivity contribution in [2.45, 2.75) is 12.8 Å². The first-order valence-electron chi connectivity index (χ1n) is 5.06. The Morgan fingerprint density at radius 2 is 2.11 bits per heavy atom. The Bertz CT molecular complexity index is 587. The SMILES string of the molecule is CC(F)(F)c1cccc(-c2cc(C(=O)O)on2)c1. The summed E-state index contributed by atoms with van der Waals surface area (Å²) in [5.74, 6) is -4.56. The van der Waals surface area contributed by atoms with Crippen molar-refractivity contribution < 1.29 is 23.2 Å². The summed E-state index contributed by atoms with van der Waals surface area (Å²) in [6, 6.07) is 6.75. The van der Waals surface area contributed by atoms with Crippen LogP contribution >= 0.6 is 0 Å². The molecule has 4 nitrogen and oxygen atoms in total. The van der Waals surface area contributed by atoms with Gasteiger partial charge in [-0.05, 0) is 6.07 Å². The summed E-state index contributed by atoms with van der Waals surface area (Å²) in [5.41, 5.74) is 0.420. The zero-order chi connectivity index (χ0) is 13.3. The minimum absolute atomic E-state index is 0.167. The highest BCUT2D eigenvalue weighted by Gasteiger charge is 2.24. The molecule has 0 aliphatic carbocycles. The summed E-state index contributed by atoms with van der Waals surface area (Å²) >= 11 is 0. The van der Waals surface area contributed by atoms with Crippen LogP contribution in [0.1, 0.15) is 23.0 Å². The van der Waals surface area contributed by atoms with E-state index in [-0.39, 0.29) is 17.0 Å². The average Bonchev–Trinajstić information content (AvgIpc) is 2.77. The lowest BCUT2D eigenvalue weighted by molar-refractivity contribution is 0.0175. The smallest absolute Gasteiger partial charge is 0.374 e. The standard InChI is InChI=1S/C12H9F2NO3/c1-12(13,14)8-4-2-3-7(5-8)9-6-10(11(16)17)18-15-9/h2-6H,1H3,(H,16,17). The Hall–Kier alpha value is -2.24. The van der Waals surface area contributed by atoms with Crippen molar-refractivity contribution in [3.8, 4) is 11.3 Å². The number of halogens is 2. The minimum Gasteiger partial charge on any atom is -0.475 e. The van der Waals surface area contributed by atoms with Crippen LogP contribution in [-0.2, 0) is 5.92 Å². The van der Waals surface area contributed by atoms with Crippen molar-refractivity contribution in [1.82, 2.24) is 5.16 Å². The number of hydrogen-bond acceptors (Lipinski definition) is 3. The van der Waals surface area contributed by atoms with Gasteiger partial charge < -0.3 is 9.63 Å². The van der Waals surface area contributed by atoms with Crippen LogP contribution in [0.15, 0.2) is 34.9 Å². The zero-order valence-electron chi connectivity index (χ0n) is 9.35. The molecule has 0 aliphatic heterocycles. The number of carboxylic acids is 1. The Labute approximate surface area is 101 Å². The van der Waals surface area contributed by atoms with Crippen molar-refractivity contribution in [2.75, 3.05) is 0 Å². The van der Waals surface area contributed by atoms with Gasteiger partial charge in [0.05, 0.1) is 0 Å². The lowest BCUT2D eigenvalue weighted by atomic mass is 10.0. The number of alkyl halides is 2. The summed E-state index contributed by atoms with van der Waals surface area (Å²) in [7, 11) is 0. The fourth-order valence-corrected chi connectivity index (χ4v) is 1.46. The summed E-state index contributed by atoms with van der Waals surface area (Å²) in [5, 5.41) is 12.2. The fraction of sp³-hybridized carbons (Fsp3) is 0.167. The van der Waals surface area contributed by atoms with Crippen molar-refractivity contribution in [2.24, 2.45) is 0 Å². The summed E-state index contributed by atoms with van der Waals surface area (Å²) < 4.78 is 30.9. The first-order valence-corrected chi connectivity index (χ1v) is 5.06. The Morgan fingerprint density at radius 1 is 1.39 bits per heavy atom. The topological polar surface area (TPSA) is 63.3 Å². The van der Waals surface area contributed by atoms with Gasteiger partial charge in [-0.25, -0.2) is 13.6 Å². The fourth-order valence-electron chi connectivity index (χ4n) is 1.46. The lowest BCUT2D eigenvalue weighted by Crippen LogP contribution is -2.06. The van der Waals surface area contributed by atoms with Gasteiger partial charge in [0.1, 0.15) is 5.69 Å². The van der Waals surface area contributed by atoms with E-state index >= 15 is 0 Å². The molecule has 94 valence electrons. The molecule has 0 spiro atoms. The summed E-state index contributed by atoms with van der Waals surface area (Å²) in [6.07, 6.45) is 0. The van der Waals surface area contributed by atoms with Crippen LogP contribution < -0.4 is 0 Å². The quantitative estimate of drug-likeness (QED) is 0.912. The monoisotopic (exact) mass is 253 g/mol. The van der Waals surface area contributed by atoms with Crippen LogP contribution in [-0.4, -0.2) is 16.2 Å². The zero-order valence-corrected chi connectivity index (χ0v) is 9.35. The molecule has 6 heteroatoms. The number of carboxylic acid groups (broad SMARTS) is 1. The third-order valence-electron chi connectivity index (χ3n) is 2.39. The molecule has 0 saturated heterocycles. The molecule has 1 aromatic carbocycles. The first-order chi connectivity index (χ1) is 8.38. The molecule has 1 heterocycles. The van der Waals surface area contributed by atoms with Crippen LogP contribution in [0.25, 0.3) is 11.3 Å². The Kier molecular flexibility index (Phi) is 2.86. The van der Waals surface area contributed by atoms with Gasteiger partial charge >= 0.3 is 5.97 Å². The van der Waals surface area contributed by atoms with Crippen LogP contribution in [0, 0.1) is 0 Å². The predicted molar refractivity (Wildman–Crippen MR) is 58.5 cm³/mol. The van der Waals surface area contributed by atoms with E-state index in [2.05, 4.69) is 9.68 Å². The maximum absolute atomic E-state index is 13.1. The van der Waals surface area contributed by atoms with Crippen LogP contribution in [0.5, 0.6) is 0 Å². The highest BCUT2D eigenvalue weighted by Crippen LogP contribution is 2.30. The highest BCUT2D eigenvalue weighted by atomic mass is 19.3. The molecule has 0 atom stereocenters. The molecule has 1 aromatic heterocycles. The van der Waals surface area contributed by atoms with Gasteiger partial charge in [0.2, 0.25) is 5.76 Å². The second kappa shape index (κ2) is 4.21. The van der Waals surface area contributed by atoms with Crippen molar-refractivity contribution in [3.05, 3.63) is 41.7 Å². The first kappa shape index (κ1) is 12.2. The van der Waals surface area contributed by atoms with Gasteiger partial charge in [-0.3, -0.25) is 0 Å². The van der Waals surface area contributed by atoms with E-state index in [0.29, 0.717) is 5.56 Å². The Morgan fingerprint density at radius 3 is 2.67 bits per heavy atom. The molecule has 18 heavy (non-hydrogen) atoms. The normalized spacial score (nSPS) is 11.5. The molecule has 0 unspecified atom stereocenters. The number of aromatic carboxylic acids is 1. The molecule has 0 amide bonds. The molecular formula is C12H9F2NO3. The molecule has 0 radical (unpaired) electrons. The van der Waals surface area contributed by atoms with Crippen LogP contribution in [0.4, 0.5) is 8.78 Å². The molecule has 0 bridgehead atoms. The lowest BCUT2D eigenvalue weighted by Gasteiger charge is -2.10. The molecule has 2 aromatic rings. The van der Waals surface area contributed by atoms with E-state index < -0.39 is 11.9 Å². The van der Waals surface area contributed by atoms with Gasteiger partial charge in [0.25, 0.3) is 5.92 Å². The molecule has 1 N–H and O–H groups in total. The van der Waals surface area contributed by atoms with Crippen molar-refractivity contribution >= 4 is 5.97 Å². The van der Waals surface area contributed by atoms with Gasteiger partial charge in [-0.1, -0.05) is 23.4 Å². The Balaban J connectivity index is 2.41.